The van der Waals surface area contributed by atoms with E-state index in [1.54, 1.807) is 6.33 Å². The van der Waals surface area contributed by atoms with Gasteiger partial charge in [-0.3, -0.25) is 0 Å². The maximum absolute atomic E-state index is 4.72. The fraction of sp³-hybridized carbons (Fsp3) is 0. The summed E-state index contributed by atoms with van der Waals surface area (Å²) in [6.45, 7) is 8.07. The minimum atomic E-state index is 0.655. The summed E-state index contributed by atoms with van der Waals surface area (Å²) in [6, 6.07) is 24.7. The van der Waals surface area contributed by atoms with Crippen LogP contribution in [0, 0.1) is 0 Å². The van der Waals surface area contributed by atoms with E-state index in [1.165, 1.54) is 5.39 Å². The highest BCUT2D eigenvalue weighted by Gasteiger charge is 2.13. The molecule has 0 aliphatic carbocycles. The lowest BCUT2D eigenvalue weighted by molar-refractivity contribution is 1.07. The van der Waals surface area contributed by atoms with Gasteiger partial charge in [0.15, 0.2) is 11.6 Å². The Morgan fingerprint density at radius 2 is 1.17 bits per heavy atom. The molecule has 30 heavy (non-hydrogen) atoms. The van der Waals surface area contributed by atoms with Gasteiger partial charge in [0.2, 0.25) is 0 Å². The van der Waals surface area contributed by atoms with E-state index in [9.17, 15) is 0 Å². The topological polar surface area (TPSA) is 38.7 Å². The molecule has 0 unspecified atom stereocenters. The Hall–Kier alpha value is -4.11. The van der Waals surface area contributed by atoms with E-state index >= 15 is 0 Å². The van der Waals surface area contributed by atoms with E-state index in [0.717, 1.165) is 38.4 Å². The zero-order valence-corrected chi connectivity index (χ0v) is 16.4. The first kappa shape index (κ1) is 18.0. The van der Waals surface area contributed by atoms with Gasteiger partial charge in [0, 0.05) is 11.1 Å². The zero-order valence-electron chi connectivity index (χ0n) is 16.4. The van der Waals surface area contributed by atoms with Crippen molar-refractivity contribution in [3.05, 3.63) is 103 Å². The standard InChI is InChI=1S/C27H19N3/c1-3-20-21(4-2)24-15-14-19(16-25(24)23-13-9-8-12-22(20)23)27-29-17-28-26(30-27)18-10-6-5-7-11-18/h3-17H,1-2H2. The van der Waals surface area contributed by atoms with Crippen LogP contribution in [0.3, 0.4) is 0 Å². The molecule has 4 aromatic carbocycles. The molecule has 3 heteroatoms. The summed E-state index contributed by atoms with van der Waals surface area (Å²) in [5, 5.41) is 4.62. The van der Waals surface area contributed by atoms with Crippen LogP contribution in [0.2, 0.25) is 0 Å². The summed E-state index contributed by atoms with van der Waals surface area (Å²) in [7, 11) is 0. The molecule has 0 spiro atoms. The molecule has 0 saturated heterocycles. The Morgan fingerprint density at radius 1 is 0.567 bits per heavy atom. The number of aromatic nitrogens is 3. The summed E-state index contributed by atoms with van der Waals surface area (Å²) in [6.07, 6.45) is 5.38. The molecule has 0 saturated carbocycles. The SMILES string of the molecule is C=Cc1c(C=C)c2ccc(-c3ncnc(-c4ccccc4)n3)cc2c2ccccc12. The molecule has 0 radical (unpaired) electrons. The second kappa shape index (κ2) is 7.37. The van der Waals surface area contributed by atoms with Crippen molar-refractivity contribution in [1.82, 2.24) is 15.0 Å². The van der Waals surface area contributed by atoms with Crippen LogP contribution >= 0.6 is 0 Å². The Kier molecular flexibility index (Phi) is 4.41. The molecule has 0 aliphatic heterocycles. The molecule has 0 fully saturated rings. The van der Waals surface area contributed by atoms with E-state index in [1.807, 2.05) is 42.5 Å². The molecule has 1 aromatic heterocycles. The molecule has 3 nitrogen and oxygen atoms in total. The number of benzene rings is 4. The van der Waals surface area contributed by atoms with Gasteiger partial charge in [-0.2, -0.15) is 0 Å². The number of hydrogen-bond donors (Lipinski definition) is 0. The van der Waals surface area contributed by atoms with Gasteiger partial charge in [-0.25, -0.2) is 15.0 Å². The second-order valence-corrected chi connectivity index (χ2v) is 7.04. The van der Waals surface area contributed by atoms with Crippen LogP contribution < -0.4 is 0 Å². The normalized spacial score (nSPS) is 10.9. The summed E-state index contributed by atoms with van der Waals surface area (Å²) < 4.78 is 0. The number of nitrogens with zero attached hydrogens (tertiary/aromatic N) is 3. The number of hydrogen-bond acceptors (Lipinski definition) is 3. The zero-order chi connectivity index (χ0) is 20.5. The van der Waals surface area contributed by atoms with Gasteiger partial charge in [-0.05, 0) is 38.7 Å². The molecular formula is C27H19N3. The average Bonchev–Trinajstić information content (AvgIpc) is 2.83. The van der Waals surface area contributed by atoms with E-state index in [-0.39, 0.29) is 0 Å². The van der Waals surface area contributed by atoms with Crippen LogP contribution in [0.25, 0.3) is 56.5 Å². The van der Waals surface area contributed by atoms with Gasteiger partial charge < -0.3 is 0 Å². The average molecular weight is 385 g/mol. The van der Waals surface area contributed by atoms with Gasteiger partial charge in [0.1, 0.15) is 6.33 Å². The summed E-state index contributed by atoms with van der Waals surface area (Å²) in [5.74, 6) is 1.32. The van der Waals surface area contributed by atoms with Crippen molar-refractivity contribution >= 4 is 33.7 Å². The van der Waals surface area contributed by atoms with Crippen molar-refractivity contribution in [1.29, 1.82) is 0 Å². The first-order valence-corrected chi connectivity index (χ1v) is 9.78. The third-order valence-corrected chi connectivity index (χ3v) is 5.38. The molecule has 0 amide bonds. The summed E-state index contributed by atoms with van der Waals surface area (Å²) in [5.41, 5.74) is 4.11. The van der Waals surface area contributed by atoms with Gasteiger partial charge in [-0.15, -0.1) is 0 Å². The molecule has 5 aromatic rings. The van der Waals surface area contributed by atoms with Crippen molar-refractivity contribution in [2.75, 3.05) is 0 Å². The molecule has 0 atom stereocenters. The lowest BCUT2D eigenvalue weighted by Gasteiger charge is -2.14. The van der Waals surface area contributed by atoms with Gasteiger partial charge >= 0.3 is 0 Å². The highest BCUT2D eigenvalue weighted by Crippen LogP contribution is 2.36. The van der Waals surface area contributed by atoms with Gasteiger partial charge in [-0.1, -0.05) is 92.0 Å². The van der Waals surface area contributed by atoms with E-state index in [4.69, 9.17) is 4.98 Å². The van der Waals surface area contributed by atoms with E-state index in [0.29, 0.717) is 11.6 Å². The second-order valence-electron chi connectivity index (χ2n) is 7.04. The maximum Gasteiger partial charge on any atom is 0.163 e. The lowest BCUT2D eigenvalue weighted by Crippen LogP contribution is -1.96. The minimum absolute atomic E-state index is 0.655. The van der Waals surface area contributed by atoms with E-state index in [2.05, 4.69) is 65.6 Å². The quantitative estimate of drug-likeness (QED) is 0.319. The fourth-order valence-corrected chi connectivity index (χ4v) is 3.99. The number of rotatable bonds is 4. The predicted molar refractivity (Wildman–Crippen MR) is 126 cm³/mol. The van der Waals surface area contributed by atoms with Crippen LogP contribution in [0.4, 0.5) is 0 Å². The number of fused-ring (bicyclic) bond motifs is 3. The molecule has 1 heterocycles. The Balaban J connectivity index is 1.76. The van der Waals surface area contributed by atoms with Crippen LogP contribution in [-0.4, -0.2) is 15.0 Å². The van der Waals surface area contributed by atoms with Crippen LogP contribution in [0.15, 0.2) is 92.3 Å². The third kappa shape index (κ3) is 2.88. The van der Waals surface area contributed by atoms with Crippen LogP contribution in [0.5, 0.6) is 0 Å². The monoisotopic (exact) mass is 385 g/mol. The molecule has 142 valence electrons. The smallest absolute Gasteiger partial charge is 0.163 e. The van der Waals surface area contributed by atoms with E-state index < -0.39 is 0 Å². The molecular weight excluding hydrogens is 366 g/mol. The predicted octanol–water partition coefficient (Wildman–Crippen LogP) is 6.80. The first-order chi connectivity index (χ1) is 14.8. The molecule has 0 bridgehead atoms. The van der Waals surface area contributed by atoms with Crippen LogP contribution in [-0.2, 0) is 0 Å². The minimum Gasteiger partial charge on any atom is -0.217 e. The third-order valence-electron chi connectivity index (χ3n) is 5.38. The van der Waals surface area contributed by atoms with Crippen LogP contribution in [0.1, 0.15) is 11.1 Å². The lowest BCUT2D eigenvalue weighted by atomic mass is 9.90. The largest absolute Gasteiger partial charge is 0.217 e. The van der Waals surface area contributed by atoms with Crippen molar-refractivity contribution in [2.45, 2.75) is 0 Å². The van der Waals surface area contributed by atoms with Crippen molar-refractivity contribution in [3.63, 3.8) is 0 Å². The Morgan fingerprint density at radius 3 is 1.87 bits per heavy atom. The van der Waals surface area contributed by atoms with Crippen molar-refractivity contribution in [2.24, 2.45) is 0 Å². The highest BCUT2D eigenvalue weighted by atomic mass is 15.0. The fourth-order valence-electron chi connectivity index (χ4n) is 3.99. The van der Waals surface area contributed by atoms with Crippen molar-refractivity contribution in [3.8, 4) is 22.8 Å². The maximum atomic E-state index is 4.72. The van der Waals surface area contributed by atoms with Gasteiger partial charge in [0.25, 0.3) is 0 Å². The van der Waals surface area contributed by atoms with Gasteiger partial charge in [0.05, 0.1) is 0 Å². The molecule has 0 N–H and O–H groups in total. The molecule has 0 aliphatic rings. The van der Waals surface area contributed by atoms with Crippen molar-refractivity contribution < 1.29 is 0 Å². The summed E-state index contributed by atoms with van der Waals surface area (Å²) in [4.78, 5) is 13.5. The highest BCUT2D eigenvalue weighted by molar-refractivity contribution is 6.15. The Labute approximate surface area is 175 Å². The summed E-state index contributed by atoms with van der Waals surface area (Å²) >= 11 is 0. The molecule has 5 rings (SSSR count). The first-order valence-electron chi connectivity index (χ1n) is 9.78. The Bertz CT molecular complexity index is 1420.